The second-order valence-electron chi connectivity index (χ2n) is 13.4. The molecule has 6 unspecified atom stereocenters. The third-order valence-corrected chi connectivity index (χ3v) is 11.9. The molecule has 1 aliphatic heterocycles. The summed E-state index contributed by atoms with van der Waals surface area (Å²) in [4.78, 5) is 26.0. The van der Waals surface area contributed by atoms with Crippen LogP contribution >= 0.6 is 0 Å². The SMILES string of the molecule is CCC1CC(C(C)(O)[C@H]2CCC3(O)C4=CC(=O)[C@@H]5C[C@@H](O)[C@@H](O)C[C@]5(C)C4CC[C@]23C)OC(=O)C1C. The Morgan fingerprint density at radius 3 is 2.44 bits per heavy atom. The summed E-state index contributed by atoms with van der Waals surface area (Å²) in [5, 5.41) is 45.2. The summed E-state index contributed by atoms with van der Waals surface area (Å²) in [5.41, 5.74) is -3.05. The molecule has 7 nitrogen and oxygen atoms in total. The molecule has 5 aliphatic rings. The fourth-order valence-electron chi connectivity index (χ4n) is 9.38. The van der Waals surface area contributed by atoms with Crippen LogP contribution in [0.4, 0.5) is 0 Å². The number of hydrogen-bond donors (Lipinski definition) is 4. The number of hydrogen-bond acceptors (Lipinski definition) is 7. The average molecular weight is 505 g/mol. The van der Waals surface area contributed by atoms with E-state index in [2.05, 4.69) is 6.92 Å². The number of aliphatic hydroxyl groups excluding tert-OH is 2. The Balaban J connectivity index is 1.49. The lowest BCUT2D eigenvalue weighted by molar-refractivity contribution is -0.207. The van der Waals surface area contributed by atoms with E-state index in [1.165, 1.54) is 0 Å². The molecular formula is C29H44O7. The highest BCUT2D eigenvalue weighted by Gasteiger charge is 2.69. The van der Waals surface area contributed by atoms with Crippen molar-refractivity contribution in [2.24, 2.45) is 40.4 Å². The number of cyclic esters (lactones) is 1. The van der Waals surface area contributed by atoms with Gasteiger partial charge in [-0.05, 0) is 86.7 Å². The molecule has 5 rings (SSSR count). The van der Waals surface area contributed by atoms with Crippen LogP contribution in [0.5, 0.6) is 0 Å². The molecule has 0 spiro atoms. The smallest absolute Gasteiger partial charge is 0.309 e. The van der Waals surface area contributed by atoms with E-state index in [4.69, 9.17) is 4.74 Å². The van der Waals surface area contributed by atoms with Crippen LogP contribution in [-0.4, -0.2) is 61.7 Å². The van der Waals surface area contributed by atoms with Crippen LogP contribution in [0.2, 0.25) is 0 Å². The van der Waals surface area contributed by atoms with Gasteiger partial charge in [-0.2, -0.15) is 0 Å². The number of ether oxygens (including phenoxy) is 1. The van der Waals surface area contributed by atoms with Crippen LogP contribution in [0.1, 0.15) is 86.0 Å². The molecule has 1 saturated heterocycles. The number of carbonyl (C=O) groups is 2. The Bertz CT molecular complexity index is 973. The lowest BCUT2D eigenvalue weighted by Gasteiger charge is -2.61. The molecule has 4 fully saturated rings. The zero-order valence-corrected chi connectivity index (χ0v) is 22.4. The van der Waals surface area contributed by atoms with E-state index in [1.807, 2.05) is 20.8 Å². The van der Waals surface area contributed by atoms with Crippen molar-refractivity contribution in [1.29, 1.82) is 0 Å². The molecule has 0 amide bonds. The molecule has 7 heteroatoms. The van der Waals surface area contributed by atoms with Gasteiger partial charge in [0.25, 0.3) is 0 Å². The van der Waals surface area contributed by atoms with E-state index in [0.717, 1.165) is 18.4 Å². The molecule has 4 N–H and O–H groups in total. The number of ketones is 1. The van der Waals surface area contributed by atoms with Crippen LogP contribution in [0, 0.1) is 40.4 Å². The Morgan fingerprint density at radius 2 is 1.78 bits per heavy atom. The maximum Gasteiger partial charge on any atom is 0.309 e. The Morgan fingerprint density at radius 1 is 1.08 bits per heavy atom. The van der Waals surface area contributed by atoms with E-state index in [0.29, 0.717) is 32.1 Å². The van der Waals surface area contributed by atoms with Crippen molar-refractivity contribution < 1.29 is 34.8 Å². The Labute approximate surface area is 214 Å². The third-order valence-electron chi connectivity index (χ3n) is 11.9. The van der Waals surface area contributed by atoms with Gasteiger partial charge in [0.15, 0.2) is 5.78 Å². The highest BCUT2D eigenvalue weighted by atomic mass is 16.6. The van der Waals surface area contributed by atoms with Crippen LogP contribution in [0.3, 0.4) is 0 Å². The van der Waals surface area contributed by atoms with Crippen LogP contribution in [0.15, 0.2) is 11.6 Å². The van der Waals surface area contributed by atoms with Crippen molar-refractivity contribution in [3.05, 3.63) is 11.6 Å². The minimum atomic E-state index is -1.31. The summed E-state index contributed by atoms with van der Waals surface area (Å²) in [7, 11) is 0. The Kier molecular flexibility index (Phi) is 6.11. The molecule has 0 aromatic carbocycles. The van der Waals surface area contributed by atoms with Gasteiger partial charge in [-0.15, -0.1) is 0 Å². The topological polar surface area (TPSA) is 124 Å². The van der Waals surface area contributed by atoms with Gasteiger partial charge in [-0.1, -0.05) is 34.1 Å². The third kappa shape index (κ3) is 3.38. The van der Waals surface area contributed by atoms with Crippen LogP contribution in [0.25, 0.3) is 0 Å². The highest BCUT2D eigenvalue weighted by Crippen LogP contribution is 2.68. The molecule has 0 bridgehead atoms. The standard InChI is InChI=1S/C29H44O7/c1-6-16-11-24(36-25(33)15(16)2)28(5,34)23-8-10-29(35)18-12-20(30)19-13-21(31)22(32)14-26(19,3)17(18)7-9-27(23,29)4/h12,15-17,19,21-24,31-32,34-35H,6-11,13-14H2,1-5H3/t15?,16?,17?,19-,21+,22-,23-,24?,26+,27+,28?,29?/m0/s1. The van der Waals surface area contributed by atoms with Gasteiger partial charge in [0.2, 0.25) is 0 Å². The number of fused-ring (bicyclic) bond motifs is 5. The number of aliphatic hydroxyl groups is 4. The molecule has 202 valence electrons. The maximum atomic E-state index is 13.4. The lowest BCUT2D eigenvalue weighted by Crippen LogP contribution is -2.63. The van der Waals surface area contributed by atoms with Gasteiger partial charge < -0.3 is 25.2 Å². The fourth-order valence-corrected chi connectivity index (χ4v) is 9.38. The largest absolute Gasteiger partial charge is 0.459 e. The van der Waals surface area contributed by atoms with Gasteiger partial charge >= 0.3 is 5.97 Å². The van der Waals surface area contributed by atoms with Crippen LogP contribution < -0.4 is 0 Å². The van der Waals surface area contributed by atoms with E-state index < -0.39 is 40.3 Å². The van der Waals surface area contributed by atoms with Crippen molar-refractivity contribution in [1.82, 2.24) is 0 Å². The van der Waals surface area contributed by atoms with E-state index in [9.17, 15) is 30.0 Å². The van der Waals surface area contributed by atoms with Gasteiger partial charge in [0.05, 0.1) is 23.7 Å². The highest BCUT2D eigenvalue weighted by molar-refractivity contribution is 5.95. The zero-order valence-electron chi connectivity index (χ0n) is 22.4. The van der Waals surface area contributed by atoms with Gasteiger partial charge in [0, 0.05) is 11.3 Å². The first kappa shape index (κ1) is 26.3. The molecule has 12 atom stereocenters. The van der Waals surface area contributed by atoms with E-state index >= 15 is 0 Å². The minimum Gasteiger partial charge on any atom is -0.459 e. The predicted molar refractivity (Wildman–Crippen MR) is 133 cm³/mol. The molecule has 0 aromatic rings. The molecule has 4 aliphatic carbocycles. The second-order valence-corrected chi connectivity index (χ2v) is 13.4. The predicted octanol–water partition coefficient (Wildman–Crippen LogP) is 2.92. The first-order chi connectivity index (χ1) is 16.7. The van der Waals surface area contributed by atoms with Crippen molar-refractivity contribution in [2.75, 3.05) is 0 Å². The molecular weight excluding hydrogens is 460 g/mol. The van der Waals surface area contributed by atoms with Gasteiger partial charge in [0.1, 0.15) is 11.7 Å². The molecule has 0 aromatic heterocycles. The van der Waals surface area contributed by atoms with Gasteiger partial charge in [-0.25, -0.2) is 0 Å². The molecule has 3 saturated carbocycles. The van der Waals surface area contributed by atoms with Crippen molar-refractivity contribution in [3.63, 3.8) is 0 Å². The molecule has 1 heterocycles. The first-order valence-corrected chi connectivity index (χ1v) is 14.0. The maximum absolute atomic E-state index is 13.4. The fraction of sp³-hybridized carbons (Fsp3) is 0.862. The number of esters is 1. The number of rotatable bonds is 3. The molecule has 0 radical (unpaired) electrons. The van der Waals surface area contributed by atoms with Crippen molar-refractivity contribution in [2.45, 2.75) is 115 Å². The zero-order chi connectivity index (χ0) is 26.4. The quantitative estimate of drug-likeness (QED) is 0.436. The second kappa shape index (κ2) is 8.36. The summed E-state index contributed by atoms with van der Waals surface area (Å²) in [6, 6.07) is 0. The average Bonchev–Trinajstić information content (AvgIpc) is 3.09. The summed E-state index contributed by atoms with van der Waals surface area (Å²) < 4.78 is 5.81. The number of carbonyl (C=O) groups excluding carboxylic acids is 2. The van der Waals surface area contributed by atoms with Crippen molar-refractivity contribution >= 4 is 11.8 Å². The number of allylic oxidation sites excluding steroid dienone is 1. The summed E-state index contributed by atoms with van der Waals surface area (Å²) in [5.74, 6) is -1.13. The minimum absolute atomic E-state index is 0.0676. The summed E-state index contributed by atoms with van der Waals surface area (Å²) in [6.07, 6.45) is 3.62. The monoisotopic (exact) mass is 504 g/mol. The van der Waals surface area contributed by atoms with E-state index in [1.54, 1.807) is 13.0 Å². The Hall–Kier alpha value is -1.28. The molecule has 36 heavy (non-hydrogen) atoms. The van der Waals surface area contributed by atoms with Gasteiger partial charge in [-0.3, -0.25) is 9.59 Å². The lowest BCUT2D eigenvalue weighted by atomic mass is 9.45. The van der Waals surface area contributed by atoms with E-state index in [-0.39, 0.29) is 47.8 Å². The summed E-state index contributed by atoms with van der Waals surface area (Å²) in [6.45, 7) is 9.77. The first-order valence-electron chi connectivity index (χ1n) is 14.0. The summed E-state index contributed by atoms with van der Waals surface area (Å²) >= 11 is 0. The van der Waals surface area contributed by atoms with Crippen LogP contribution in [-0.2, 0) is 14.3 Å². The normalized spacial score (nSPS) is 52.4. The van der Waals surface area contributed by atoms with Crippen molar-refractivity contribution in [3.8, 4) is 0 Å².